The number of hydrogen-bond acceptors (Lipinski definition) is 3. The zero-order chi connectivity index (χ0) is 13.2. The Hall–Kier alpha value is -1.39. The molecule has 0 spiro atoms. The smallest absolute Gasteiger partial charge is 0.239 e. The van der Waals surface area contributed by atoms with Crippen molar-refractivity contribution in [2.24, 2.45) is 0 Å². The third-order valence-corrected chi connectivity index (χ3v) is 4.18. The summed E-state index contributed by atoms with van der Waals surface area (Å²) >= 11 is 0. The molecule has 0 saturated carbocycles. The van der Waals surface area contributed by atoms with E-state index in [0.717, 1.165) is 19.5 Å². The Labute approximate surface area is 113 Å². The highest BCUT2D eigenvalue weighted by Crippen LogP contribution is 2.27. The maximum absolute atomic E-state index is 12.3. The molecule has 2 saturated heterocycles. The molecule has 102 valence electrons. The zero-order valence-electron chi connectivity index (χ0n) is 11.0. The number of carbonyl (C=O) groups excluding carboxylic acids is 1. The number of β-amino-alcohol motifs (C(OH)–C–C–N with tert-alkyl or cyclic N) is 1. The Kier molecular flexibility index (Phi) is 3.53. The maximum atomic E-state index is 12.3. The molecule has 2 fully saturated rings. The first-order chi connectivity index (χ1) is 9.24. The molecule has 0 radical (unpaired) electrons. The number of aliphatic hydroxyl groups is 1. The van der Waals surface area contributed by atoms with Gasteiger partial charge in [0.1, 0.15) is 0 Å². The lowest BCUT2D eigenvalue weighted by Crippen LogP contribution is -2.42. The van der Waals surface area contributed by atoms with Crippen LogP contribution in [0.1, 0.15) is 24.3 Å². The highest BCUT2D eigenvalue weighted by atomic mass is 16.3. The summed E-state index contributed by atoms with van der Waals surface area (Å²) in [7, 11) is 0. The number of rotatable bonds is 2. The fraction of sp³-hybridized carbons (Fsp3) is 0.533. The lowest BCUT2D eigenvalue weighted by Gasteiger charge is -2.20. The van der Waals surface area contributed by atoms with Gasteiger partial charge >= 0.3 is 0 Å². The average Bonchev–Trinajstić information content (AvgIpc) is 3.08. The molecule has 2 aliphatic rings. The van der Waals surface area contributed by atoms with Gasteiger partial charge < -0.3 is 15.3 Å². The van der Waals surface area contributed by atoms with Crippen molar-refractivity contribution >= 4 is 5.91 Å². The summed E-state index contributed by atoms with van der Waals surface area (Å²) in [6.45, 7) is 2.16. The van der Waals surface area contributed by atoms with E-state index in [0.29, 0.717) is 18.9 Å². The first-order valence-corrected chi connectivity index (χ1v) is 6.99. The number of likely N-dealkylation sites (tertiary alicyclic amines) is 1. The molecule has 0 aromatic heterocycles. The molecule has 2 aliphatic heterocycles. The van der Waals surface area contributed by atoms with E-state index in [9.17, 15) is 9.90 Å². The van der Waals surface area contributed by atoms with Crippen LogP contribution in [-0.2, 0) is 4.79 Å². The Morgan fingerprint density at radius 3 is 2.79 bits per heavy atom. The van der Waals surface area contributed by atoms with Gasteiger partial charge in [-0.15, -0.1) is 0 Å². The van der Waals surface area contributed by atoms with Crippen LogP contribution in [0.5, 0.6) is 0 Å². The summed E-state index contributed by atoms with van der Waals surface area (Å²) in [5, 5.41) is 12.6. The van der Waals surface area contributed by atoms with Crippen molar-refractivity contribution < 1.29 is 9.90 Å². The number of nitrogens with one attached hydrogen (secondary N) is 1. The second-order valence-corrected chi connectivity index (χ2v) is 5.53. The van der Waals surface area contributed by atoms with Crippen molar-refractivity contribution in [1.29, 1.82) is 0 Å². The van der Waals surface area contributed by atoms with Gasteiger partial charge in [-0.25, -0.2) is 0 Å². The van der Waals surface area contributed by atoms with Gasteiger partial charge in [-0.3, -0.25) is 4.79 Å². The van der Waals surface area contributed by atoms with Gasteiger partial charge in [0, 0.05) is 25.6 Å². The minimum atomic E-state index is -0.374. The quantitative estimate of drug-likeness (QED) is 0.824. The number of nitrogens with zero attached hydrogens (tertiary/aromatic N) is 1. The molecule has 19 heavy (non-hydrogen) atoms. The van der Waals surface area contributed by atoms with Crippen LogP contribution in [0.25, 0.3) is 0 Å². The third kappa shape index (κ3) is 2.65. The SMILES string of the molecule is O=C([C@@H]1C[C@@H](O)CN1)N1CC[C@@H](c2ccccc2)C1. The first-order valence-electron chi connectivity index (χ1n) is 6.99. The summed E-state index contributed by atoms with van der Waals surface area (Å²) in [6, 6.07) is 10.2. The van der Waals surface area contributed by atoms with Gasteiger partial charge in [0.2, 0.25) is 5.91 Å². The Bertz CT molecular complexity index is 449. The van der Waals surface area contributed by atoms with Crippen LogP contribution in [0.3, 0.4) is 0 Å². The van der Waals surface area contributed by atoms with Gasteiger partial charge in [-0.05, 0) is 18.4 Å². The van der Waals surface area contributed by atoms with E-state index < -0.39 is 0 Å². The fourth-order valence-electron chi connectivity index (χ4n) is 3.08. The molecule has 4 nitrogen and oxygen atoms in total. The first kappa shape index (κ1) is 12.6. The molecule has 3 atom stereocenters. The molecule has 1 aromatic rings. The molecule has 2 N–H and O–H groups in total. The minimum Gasteiger partial charge on any atom is -0.392 e. The molecule has 3 rings (SSSR count). The van der Waals surface area contributed by atoms with Crippen molar-refractivity contribution in [3.8, 4) is 0 Å². The van der Waals surface area contributed by atoms with E-state index >= 15 is 0 Å². The van der Waals surface area contributed by atoms with Crippen LogP contribution in [-0.4, -0.2) is 47.7 Å². The van der Waals surface area contributed by atoms with Crippen LogP contribution >= 0.6 is 0 Å². The second kappa shape index (κ2) is 5.31. The predicted octanol–water partition coefficient (Wildman–Crippen LogP) is 0.725. The summed E-state index contributed by atoms with van der Waals surface area (Å²) in [5.41, 5.74) is 1.32. The molecular formula is C15H20N2O2. The van der Waals surface area contributed by atoms with E-state index in [-0.39, 0.29) is 18.1 Å². The van der Waals surface area contributed by atoms with Gasteiger partial charge in [-0.2, -0.15) is 0 Å². The van der Waals surface area contributed by atoms with Crippen molar-refractivity contribution in [3.05, 3.63) is 35.9 Å². The van der Waals surface area contributed by atoms with Crippen LogP contribution in [0, 0.1) is 0 Å². The molecule has 0 bridgehead atoms. The minimum absolute atomic E-state index is 0.148. The highest BCUT2D eigenvalue weighted by molar-refractivity contribution is 5.82. The Balaban J connectivity index is 1.61. The fourth-order valence-corrected chi connectivity index (χ4v) is 3.08. The van der Waals surface area contributed by atoms with Gasteiger partial charge in [0.05, 0.1) is 12.1 Å². The lowest BCUT2D eigenvalue weighted by molar-refractivity contribution is -0.132. The van der Waals surface area contributed by atoms with Crippen LogP contribution in [0.2, 0.25) is 0 Å². The summed E-state index contributed by atoms with van der Waals surface area (Å²) in [6.07, 6.45) is 1.21. The van der Waals surface area contributed by atoms with Gasteiger partial charge in [-0.1, -0.05) is 30.3 Å². The molecular weight excluding hydrogens is 240 g/mol. The highest BCUT2D eigenvalue weighted by Gasteiger charge is 2.34. The summed E-state index contributed by atoms with van der Waals surface area (Å²) in [4.78, 5) is 14.3. The largest absolute Gasteiger partial charge is 0.392 e. The normalized spacial score (nSPS) is 30.8. The maximum Gasteiger partial charge on any atom is 0.239 e. The van der Waals surface area contributed by atoms with Crippen LogP contribution < -0.4 is 5.32 Å². The van der Waals surface area contributed by atoms with Crippen molar-refractivity contribution in [3.63, 3.8) is 0 Å². The predicted molar refractivity (Wildman–Crippen MR) is 72.8 cm³/mol. The van der Waals surface area contributed by atoms with E-state index in [1.165, 1.54) is 5.56 Å². The van der Waals surface area contributed by atoms with Crippen molar-refractivity contribution in [1.82, 2.24) is 10.2 Å². The zero-order valence-corrected chi connectivity index (χ0v) is 11.0. The second-order valence-electron chi connectivity index (χ2n) is 5.53. The van der Waals surface area contributed by atoms with Crippen LogP contribution in [0.4, 0.5) is 0 Å². The number of benzene rings is 1. The average molecular weight is 260 g/mol. The Morgan fingerprint density at radius 1 is 1.32 bits per heavy atom. The van der Waals surface area contributed by atoms with E-state index in [1.54, 1.807) is 0 Å². The molecule has 0 aliphatic carbocycles. The third-order valence-electron chi connectivity index (χ3n) is 4.18. The molecule has 2 heterocycles. The van der Waals surface area contributed by atoms with Crippen molar-refractivity contribution in [2.75, 3.05) is 19.6 Å². The molecule has 1 aromatic carbocycles. The summed E-state index contributed by atoms with van der Waals surface area (Å²) < 4.78 is 0. The Morgan fingerprint density at radius 2 is 2.11 bits per heavy atom. The topological polar surface area (TPSA) is 52.6 Å². The van der Waals surface area contributed by atoms with Gasteiger partial charge in [0.25, 0.3) is 0 Å². The molecule has 4 heteroatoms. The van der Waals surface area contributed by atoms with Crippen LogP contribution in [0.15, 0.2) is 30.3 Å². The standard InChI is InChI=1S/C15H20N2O2/c18-13-8-14(16-9-13)15(19)17-7-6-12(10-17)11-4-2-1-3-5-11/h1-5,12-14,16,18H,6-10H2/t12-,13-,14+/m1/s1. The number of amides is 1. The van der Waals surface area contributed by atoms with E-state index in [4.69, 9.17) is 0 Å². The van der Waals surface area contributed by atoms with E-state index in [1.807, 2.05) is 11.0 Å². The number of hydrogen-bond donors (Lipinski definition) is 2. The summed E-state index contributed by atoms with van der Waals surface area (Å²) in [5.74, 6) is 0.603. The number of carbonyl (C=O) groups is 1. The lowest BCUT2D eigenvalue weighted by atomic mass is 9.99. The van der Waals surface area contributed by atoms with Gasteiger partial charge in [0.15, 0.2) is 0 Å². The monoisotopic (exact) mass is 260 g/mol. The molecule has 0 unspecified atom stereocenters. The van der Waals surface area contributed by atoms with Crippen molar-refractivity contribution in [2.45, 2.75) is 30.9 Å². The molecule has 1 amide bonds. The number of aliphatic hydroxyl groups excluding tert-OH is 1. The van der Waals surface area contributed by atoms with E-state index in [2.05, 4.69) is 29.6 Å².